The van der Waals surface area contributed by atoms with Crippen LogP contribution in [-0.4, -0.2) is 16.5 Å². The molecule has 1 N–H and O–H groups in total. The maximum absolute atomic E-state index is 12.7. The van der Waals surface area contributed by atoms with E-state index in [1.54, 1.807) is 12.1 Å². The summed E-state index contributed by atoms with van der Waals surface area (Å²) >= 11 is 0. The molecule has 0 unspecified atom stereocenters. The first kappa shape index (κ1) is 14.3. The Labute approximate surface area is 114 Å². The summed E-state index contributed by atoms with van der Waals surface area (Å²) in [7, 11) is 0. The van der Waals surface area contributed by atoms with E-state index in [-0.39, 0.29) is 5.82 Å². The zero-order chi connectivity index (χ0) is 14.6. The molecule has 0 spiro atoms. The van der Waals surface area contributed by atoms with Crippen LogP contribution in [0.4, 0.5) is 19.0 Å². The molecule has 0 aliphatic rings. The number of hydrogen-bond donors (Lipinski definition) is 1. The first-order valence-electron chi connectivity index (χ1n) is 6.25. The third-order valence-corrected chi connectivity index (χ3v) is 2.66. The van der Waals surface area contributed by atoms with Gasteiger partial charge in [-0.15, -0.1) is 0 Å². The van der Waals surface area contributed by atoms with Crippen molar-refractivity contribution in [1.29, 1.82) is 0 Å². The predicted octanol–water partition coefficient (Wildman–Crippen LogP) is 3.98. The Balaban J connectivity index is 2.32. The van der Waals surface area contributed by atoms with E-state index < -0.39 is 11.7 Å². The van der Waals surface area contributed by atoms with Crippen molar-refractivity contribution in [2.75, 3.05) is 11.9 Å². The van der Waals surface area contributed by atoms with E-state index in [2.05, 4.69) is 15.3 Å². The van der Waals surface area contributed by atoms with Crippen LogP contribution in [0.2, 0.25) is 0 Å². The smallest absolute Gasteiger partial charge is 0.370 e. The van der Waals surface area contributed by atoms with Crippen LogP contribution in [0.5, 0.6) is 0 Å². The van der Waals surface area contributed by atoms with E-state index in [1.165, 1.54) is 12.3 Å². The van der Waals surface area contributed by atoms with Gasteiger partial charge in [0.25, 0.3) is 0 Å². The number of halogens is 3. The molecule has 0 saturated heterocycles. The maximum atomic E-state index is 12.7. The van der Waals surface area contributed by atoms with Gasteiger partial charge in [0, 0.05) is 18.3 Å². The van der Waals surface area contributed by atoms with Crippen LogP contribution in [0.3, 0.4) is 0 Å². The van der Waals surface area contributed by atoms with Gasteiger partial charge in [-0.05, 0) is 24.6 Å². The van der Waals surface area contributed by atoms with Crippen molar-refractivity contribution in [2.45, 2.75) is 19.5 Å². The van der Waals surface area contributed by atoms with Gasteiger partial charge in [-0.1, -0.05) is 19.1 Å². The number of hydrogen-bond acceptors (Lipinski definition) is 3. The molecule has 1 aromatic carbocycles. The van der Waals surface area contributed by atoms with Crippen LogP contribution in [0.25, 0.3) is 11.4 Å². The predicted molar refractivity (Wildman–Crippen MR) is 71.3 cm³/mol. The molecule has 0 aliphatic heterocycles. The Morgan fingerprint density at radius 2 is 2.00 bits per heavy atom. The molecular formula is C14H14F3N3. The topological polar surface area (TPSA) is 37.8 Å². The Kier molecular flexibility index (Phi) is 4.22. The highest BCUT2D eigenvalue weighted by molar-refractivity contribution is 5.58. The second-order valence-corrected chi connectivity index (χ2v) is 4.27. The lowest BCUT2D eigenvalue weighted by Gasteiger charge is -2.09. The molecule has 2 rings (SSSR count). The summed E-state index contributed by atoms with van der Waals surface area (Å²) in [6.07, 6.45) is -1.91. The summed E-state index contributed by atoms with van der Waals surface area (Å²) in [6.45, 7) is 2.76. The fraction of sp³-hybridized carbons (Fsp3) is 0.286. The summed E-state index contributed by atoms with van der Waals surface area (Å²) in [5.74, 6) is 0.881. The van der Waals surface area contributed by atoms with Gasteiger partial charge in [0.05, 0.1) is 5.56 Å². The Morgan fingerprint density at radius 1 is 1.20 bits per heavy atom. The number of anilines is 1. The molecule has 1 heterocycles. The molecule has 1 aromatic heterocycles. The Morgan fingerprint density at radius 3 is 2.70 bits per heavy atom. The number of rotatable bonds is 4. The fourth-order valence-corrected chi connectivity index (χ4v) is 1.68. The molecule has 0 saturated carbocycles. The highest BCUT2D eigenvalue weighted by Crippen LogP contribution is 2.31. The molecular weight excluding hydrogens is 267 g/mol. The summed E-state index contributed by atoms with van der Waals surface area (Å²) in [5.41, 5.74) is -0.356. The van der Waals surface area contributed by atoms with Crippen LogP contribution in [0.1, 0.15) is 18.9 Å². The molecule has 0 amide bonds. The number of alkyl halides is 3. The molecule has 20 heavy (non-hydrogen) atoms. The lowest BCUT2D eigenvalue weighted by atomic mass is 10.1. The molecule has 0 atom stereocenters. The molecule has 0 fully saturated rings. The third-order valence-electron chi connectivity index (χ3n) is 2.66. The second-order valence-electron chi connectivity index (χ2n) is 4.27. The minimum Gasteiger partial charge on any atom is -0.370 e. The minimum atomic E-state index is -4.37. The standard InChI is InChI=1S/C14H14F3N3/c1-2-7-18-12-6-8-19-13(20-12)10-4-3-5-11(9-10)14(15,16)17/h3-6,8-9H,2,7H2,1H3,(H,18,19,20). The normalized spacial score (nSPS) is 11.4. The van der Waals surface area contributed by atoms with Crippen molar-refractivity contribution in [3.05, 3.63) is 42.1 Å². The second kappa shape index (κ2) is 5.90. The molecule has 2 aromatic rings. The number of nitrogens with zero attached hydrogens (tertiary/aromatic N) is 2. The molecule has 3 nitrogen and oxygen atoms in total. The van der Waals surface area contributed by atoms with E-state index in [0.717, 1.165) is 25.1 Å². The average molecular weight is 281 g/mol. The summed E-state index contributed by atoms with van der Waals surface area (Å²) in [6, 6.07) is 6.69. The first-order valence-corrected chi connectivity index (χ1v) is 6.25. The van der Waals surface area contributed by atoms with Gasteiger partial charge in [-0.3, -0.25) is 0 Å². The molecule has 106 valence electrons. The summed E-state index contributed by atoms with van der Waals surface area (Å²) in [4.78, 5) is 8.24. The quantitative estimate of drug-likeness (QED) is 0.921. The van der Waals surface area contributed by atoms with Gasteiger partial charge in [-0.2, -0.15) is 13.2 Å². The van der Waals surface area contributed by atoms with Crippen LogP contribution in [0, 0.1) is 0 Å². The Hall–Kier alpha value is -2.11. The number of nitrogens with one attached hydrogen (secondary N) is 1. The van der Waals surface area contributed by atoms with E-state index >= 15 is 0 Å². The molecule has 0 aliphatic carbocycles. The zero-order valence-corrected chi connectivity index (χ0v) is 10.9. The van der Waals surface area contributed by atoms with Crippen molar-refractivity contribution < 1.29 is 13.2 Å². The highest BCUT2D eigenvalue weighted by Gasteiger charge is 2.30. The van der Waals surface area contributed by atoms with Gasteiger partial charge in [0.15, 0.2) is 5.82 Å². The average Bonchev–Trinajstić information content (AvgIpc) is 2.45. The van der Waals surface area contributed by atoms with Crippen LogP contribution >= 0.6 is 0 Å². The van der Waals surface area contributed by atoms with Crippen molar-refractivity contribution in [3.8, 4) is 11.4 Å². The van der Waals surface area contributed by atoms with E-state index in [9.17, 15) is 13.2 Å². The lowest BCUT2D eigenvalue weighted by molar-refractivity contribution is -0.137. The molecule has 0 bridgehead atoms. The van der Waals surface area contributed by atoms with Crippen molar-refractivity contribution in [1.82, 2.24) is 9.97 Å². The number of benzene rings is 1. The van der Waals surface area contributed by atoms with E-state index in [1.807, 2.05) is 6.92 Å². The number of aromatic nitrogens is 2. The van der Waals surface area contributed by atoms with Crippen LogP contribution in [-0.2, 0) is 6.18 Å². The van der Waals surface area contributed by atoms with Crippen molar-refractivity contribution in [2.24, 2.45) is 0 Å². The largest absolute Gasteiger partial charge is 0.416 e. The van der Waals surface area contributed by atoms with Gasteiger partial charge < -0.3 is 5.32 Å². The van der Waals surface area contributed by atoms with Gasteiger partial charge >= 0.3 is 6.18 Å². The van der Waals surface area contributed by atoms with E-state index in [0.29, 0.717) is 11.4 Å². The van der Waals surface area contributed by atoms with Gasteiger partial charge in [-0.25, -0.2) is 9.97 Å². The maximum Gasteiger partial charge on any atom is 0.416 e. The third kappa shape index (κ3) is 3.46. The first-order chi connectivity index (χ1) is 9.50. The SMILES string of the molecule is CCCNc1ccnc(-c2cccc(C(F)(F)F)c2)n1. The fourth-order valence-electron chi connectivity index (χ4n) is 1.68. The van der Waals surface area contributed by atoms with Gasteiger partial charge in [0.2, 0.25) is 0 Å². The molecule has 6 heteroatoms. The summed E-state index contributed by atoms with van der Waals surface area (Å²) < 4.78 is 38.0. The monoisotopic (exact) mass is 281 g/mol. The highest BCUT2D eigenvalue weighted by atomic mass is 19.4. The lowest BCUT2D eigenvalue weighted by Crippen LogP contribution is -2.05. The summed E-state index contributed by atoms with van der Waals surface area (Å²) in [5, 5.41) is 3.08. The van der Waals surface area contributed by atoms with Crippen molar-refractivity contribution >= 4 is 5.82 Å². The van der Waals surface area contributed by atoms with Crippen LogP contribution < -0.4 is 5.32 Å². The Bertz CT molecular complexity index is 582. The van der Waals surface area contributed by atoms with Crippen molar-refractivity contribution in [3.63, 3.8) is 0 Å². The minimum absolute atomic E-state index is 0.275. The van der Waals surface area contributed by atoms with Gasteiger partial charge in [0.1, 0.15) is 5.82 Å². The zero-order valence-electron chi connectivity index (χ0n) is 10.9. The van der Waals surface area contributed by atoms with E-state index in [4.69, 9.17) is 0 Å². The molecule has 0 radical (unpaired) electrons. The van der Waals surface area contributed by atoms with Crippen LogP contribution in [0.15, 0.2) is 36.5 Å².